The van der Waals surface area contributed by atoms with Gasteiger partial charge in [-0.05, 0) is 55.2 Å². The van der Waals surface area contributed by atoms with Gasteiger partial charge in [0.1, 0.15) is 5.75 Å². The van der Waals surface area contributed by atoms with E-state index in [1.807, 2.05) is 12.1 Å². The van der Waals surface area contributed by atoms with E-state index in [1.165, 1.54) is 36.8 Å². The van der Waals surface area contributed by atoms with E-state index in [0.717, 1.165) is 11.4 Å². The summed E-state index contributed by atoms with van der Waals surface area (Å²) in [5, 5.41) is 3.58. The molecule has 22 heavy (non-hydrogen) atoms. The van der Waals surface area contributed by atoms with E-state index in [9.17, 15) is 0 Å². The lowest BCUT2D eigenvalue weighted by Gasteiger charge is -2.19. The van der Waals surface area contributed by atoms with Crippen molar-refractivity contribution in [3.63, 3.8) is 0 Å². The lowest BCUT2D eigenvalue weighted by Crippen LogP contribution is -2.09. The van der Waals surface area contributed by atoms with Gasteiger partial charge in [-0.15, -0.1) is 0 Å². The maximum absolute atomic E-state index is 5.21. The van der Waals surface area contributed by atoms with Gasteiger partial charge in [-0.3, -0.25) is 0 Å². The van der Waals surface area contributed by atoms with Gasteiger partial charge in [0.05, 0.1) is 7.11 Å². The smallest absolute Gasteiger partial charge is 0.119 e. The quantitative estimate of drug-likeness (QED) is 0.640. The molecule has 2 aromatic rings. The fraction of sp³-hybridized carbons (Fsp3) is 0.400. The summed E-state index contributed by atoms with van der Waals surface area (Å²) in [5.41, 5.74) is 3.98. The number of rotatable bonds is 8. The molecule has 1 atom stereocenters. The van der Waals surface area contributed by atoms with Gasteiger partial charge in [-0.2, -0.15) is 0 Å². The zero-order chi connectivity index (χ0) is 15.8. The van der Waals surface area contributed by atoms with Gasteiger partial charge in [-0.1, -0.05) is 44.0 Å². The molecule has 0 saturated carbocycles. The second kappa shape index (κ2) is 8.47. The van der Waals surface area contributed by atoms with Gasteiger partial charge >= 0.3 is 0 Å². The number of unbranched alkanes of at least 4 members (excludes halogenated alkanes) is 2. The molecule has 0 aliphatic carbocycles. The van der Waals surface area contributed by atoms with E-state index in [2.05, 4.69) is 55.6 Å². The van der Waals surface area contributed by atoms with Crippen molar-refractivity contribution in [3.05, 3.63) is 59.7 Å². The zero-order valence-corrected chi connectivity index (χ0v) is 13.9. The molecule has 2 rings (SSSR count). The summed E-state index contributed by atoms with van der Waals surface area (Å²) in [5.74, 6) is 0.887. The maximum atomic E-state index is 5.21. The van der Waals surface area contributed by atoms with Crippen LogP contribution >= 0.6 is 0 Å². The highest BCUT2D eigenvalue weighted by atomic mass is 16.5. The van der Waals surface area contributed by atoms with Crippen LogP contribution in [0.2, 0.25) is 0 Å². The first-order chi connectivity index (χ1) is 10.7. The molecule has 2 aromatic carbocycles. The Labute approximate surface area is 134 Å². The number of methoxy groups -OCH3 is 1. The molecule has 0 heterocycles. The van der Waals surface area contributed by atoms with Gasteiger partial charge in [0.2, 0.25) is 0 Å². The number of anilines is 1. The molecule has 0 amide bonds. The van der Waals surface area contributed by atoms with Gasteiger partial charge in [0.15, 0.2) is 0 Å². The van der Waals surface area contributed by atoms with Crippen molar-refractivity contribution in [2.24, 2.45) is 0 Å². The largest absolute Gasteiger partial charge is 0.497 e. The van der Waals surface area contributed by atoms with Crippen LogP contribution in [-0.4, -0.2) is 7.11 Å². The topological polar surface area (TPSA) is 21.3 Å². The fourth-order valence-electron chi connectivity index (χ4n) is 2.76. The first-order valence-electron chi connectivity index (χ1n) is 8.23. The number of hydrogen-bond donors (Lipinski definition) is 1. The molecule has 0 aromatic heterocycles. The SMILES string of the molecule is CCCCCc1ccccc1C(C)Nc1ccc(OC)cc1. The fourth-order valence-corrected chi connectivity index (χ4v) is 2.76. The number of aryl methyl sites for hydroxylation is 1. The molecular formula is C20H27NO. The molecule has 0 saturated heterocycles. The number of hydrogen-bond acceptors (Lipinski definition) is 2. The monoisotopic (exact) mass is 297 g/mol. The van der Waals surface area contributed by atoms with E-state index in [4.69, 9.17) is 4.74 Å². The van der Waals surface area contributed by atoms with Crippen molar-refractivity contribution in [1.29, 1.82) is 0 Å². The predicted octanol–water partition coefficient (Wildman–Crippen LogP) is 5.60. The molecule has 0 spiro atoms. The Hall–Kier alpha value is -1.96. The second-order valence-electron chi connectivity index (χ2n) is 5.75. The number of benzene rings is 2. The third-order valence-corrected chi connectivity index (χ3v) is 4.04. The highest BCUT2D eigenvalue weighted by Gasteiger charge is 2.10. The maximum Gasteiger partial charge on any atom is 0.119 e. The highest BCUT2D eigenvalue weighted by Crippen LogP contribution is 2.25. The molecule has 1 unspecified atom stereocenters. The third-order valence-electron chi connectivity index (χ3n) is 4.04. The summed E-state index contributed by atoms with van der Waals surface area (Å²) in [6.07, 6.45) is 5.00. The minimum absolute atomic E-state index is 0.297. The summed E-state index contributed by atoms with van der Waals surface area (Å²) < 4.78 is 5.21. The van der Waals surface area contributed by atoms with Crippen LogP contribution in [0, 0.1) is 0 Å². The molecule has 0 aliphatic rings. The molecule has 0 radical (unpaired) electrons. The van der Waals surface area contributed by atoms with Gasteiger partial charge < -0.3 is 10.1 Å². The van der Waals surface area contributed by atoms with Crippen molar-refractivity contribution in [2.75, 3.05) is 12.4 Å². The number of nitrogens with one attached hydrogen (secondary N) is 1. The Kier molecular flexibility index (Phi) is 6.32. The van der Waals surface area contributed by atoms with E-state index < -0.39 is 0 Å². The van der Waals surface area contributed by atoms with Crippen LogP contribution in [0.4, 0.5) is 5.69 Å². The van der Waals surface area contributed by atoms with Crippen LogP contribution in [0.25, 0.3) is 0 Å². The van der Waals surface area contributed by atoms with Crippen molar-refractivity contribution in [2.45, 2.75) is 45.6 Å². The molecule has 118 valence electrons. The van der Waals surface area contributed by atoms with Gasteiger partial charge in [0.25, 0.3) is 0 Å². The summed E-state index contributed by atoms with van der Waals surface area (Å²) in [6.45, 7) is 4.47. The Morgan fingerprint density at radius 1 is 1.00 bits per heavy atom. The molecule has 0 fully saturated rings. The molecule has 1 N–H and O–H groups in total. The van der Waals surface area contributed by atoms with E-state index in [-0.39, 0.29) is 0 Å². The standard InChI is InChI=1S/C20H27NO/c1-4-5-6-9-17-10-7-8-11-20(17)16(2)21-18-12-14-19(22-3)15-13-18/h7-8,10-16,21H,4-6,9H2,1-3H3. The normalized spacial score (nSPS) is 12.0. The van der Waals surface area contributed by atoms with Gasteiger partial charge in [-0.25, -0.2) is 0 Å². The minimum Gasteiger partial charge on any atom is -0.497 e. The average molecular weight is 297 g/mol. The summed E-state index contributed by atoms with van der Waals surface area (Å²) >= 11 is 0. The summed E-state index contributed by atoms with van der Waals surface area (Å²) in [6, 6.07) is 17.2. The van der Waals surface area contributed by atoms with Crippen molar-refractivity contribution >= 4 is 5.69 Å². The lowest BCUT2D eigenvalue weighted by molar-refractivity contribution is 0.415. The molecule has 0 bridgehead atoms. The predicted molar refractivity (Wildman–Crippen MR) is 94.7 cm³/mol. The molecule has 2 nitrogen and oxygen atoms in total. The Morgan fingerprint density at radius 3 is 2.41 bits per heavy atom. The average Bonchev–Trinajstić information content (AvgIpc) is 2.56. The van der Waals surface area contributed by atoms with Crippen LogP contribution in [0.5, 0.6) is 5.75 Å². The van der Waals surface area contributed by atoms with E-state index in [0.29, 0.717) is 6.04 Å². The highest BCUT2D eigenvalue weighted by molar-refractivity contribution is 5.48. The first-order valence-corrected chi connectivity index (χ1v) is 8.23. The van der Waals surface area contributed by atoms with Gasteiger partial charge in [0, 0.05) is 11.7 Å². The van der Waals surface area contributed by atoms with Crippen molar-refractivity contribution < 1.29 is 4.74 Å². The van der Waals surface area contributed by atoms with Crippen LogP contribution in [-0.2, 0) is 6.42 Å². The lowest BCUT2D eigenvalue weighted by atomic mass is 9.97. The molecule has 0 aliphatic heterocycles. The first kappa shape index (κ1) is 16.4. The van der Waals surface area contributed by atoms with Crippen molar-refractivity contribution in [1.82, 2.24) is 0 Å². The number of ether oxygens (including phenoxy) is 1. The Morgan fingerprint density at radius 2 is 1.73 bits per heavy atom. The molecule has 2 heteroatoms. The summed E-state index contributed by atoms with van der Waals surface area (Å²) in [7, 11) is 1.69. The summed E-state index contributed by atoms with van der Waals surface area (Å²) in [4.78, 5) is 0. The molecular weight excluding hydrogens is 270 g/mol. The van der Waals surface area contributed by atoms with E-state index in [1.54, 1.807) is 7.11 Å². The minimum atomic E-state index is 0.297. The van der Waals surface area contributed by atoms with Crippen LogP contribution < -0.4 is 10.1 Å². The van der Waals surface area contributed by atoms with Crippen molar-refractivity contribution in [3.8, 4) is 5.75 Å². The zero-order valence-electron chi connectivity index (χ0n) is 13.9. The Balaban J connectivity index is 2.06. The van der Waals surface area contributed by atoms with Crippen LogP contribution in [0.1, 0.15) is 50.3 Å². The Bertz CT molecular complexity index is 562. The van der Waals surface area contributed by atoms with Crippen LogP contribution in [0.3, 0.4) is 0 Å². The van der Waals surface area contributed by atoms with E-state index >= 15 is 0 Å². The second-order valence-corrected chi connectivity index (χ2v) is 5.75. The van der Waals surface area contributed by atoms with Crippen LogP contribution in [0.15, 0.2) is 48.5 Å². The third kappa shape index (κ3) is 4.52.